The van der Waals surface area contributed by atoms with Gasteiger partial charge in [0, 0.05) is 12.2 Å². The average Bonchev–Trinajstić information content (AvgIpc) is 2.45. The molecule has 18 heavy (non-hydrogen) atoms. The molecule has 0 aromatic heterocycles. The highest BCUT2D eigenvalue weighted by Crippen LogP contribution is 2.20. The van der Waals surface area contributed by atoms with Crippen LogP contribution in [0.15, 0.2) is 54.6 Å². The van der Waals surface area contributed by atoms with Crippen molar-refractivity contribution in [1.82, 2.24) is 0 Å². The van der Waals surface area contributed by atoms with Crippen molar-refractivity contribution in [2.45, 2.75) is 6.42 Å². The largest absolute Gasteiger partial charge is 0.385 e. The summed E-state index contributed by atoms with van der Waals surface area (Å²) in [5, 5.41) is 3.44. The van der Waals surface area contributed by atoms with Gasteiger partial charge in [-0.1, -0.05) is 42.5 Å². The third-order valence-corrected chi connectivity index (χ3v) is 3.54. The van der Waals surface area contributed by atoms with Crippen molar-refractivity contribution in [2.24, 2.45) is 0 Å². The predicted molar refractivity (Wildman–Crippen MR) is 83.4 cm³/mol. The molecule has 0 aliphatic rings. The molecule has 0 spiro atoms. The molecule has 0 radical (unpaired) electrons. The quantitative estimate of drug-likeness (QED) is 0.764. The van der Waals surface area contributed by atoms with Crippen LogP contribution in [0.5, 0.6) is 0 Å². The first-order valence-electron chi connectivity index (χ1n) is 6.28. The van der Waals surface area contributed by atoms with Gasteiger partial charge in [-0.05, 0) is 41.7 Å². The van der Waals surface area contributed by atoms with E-state index in [1.807, 2.05) is 17.8 Å². The standard InChI is InChI=1S/C16H19NS/c1-18-13-5-12-17-16-10-8-15(9-11-16)14-6-3-2-4-7-14/h2-4,6-11,17H,5,12-13H2,1H3. The van der Waals surface area contributed by atoms with Crippen LogP contribution in [0.3, 0.4) is 0 Å². The normalized spacial score (nSPS) is 10.3. The van der Waals surface area contributed by atoms with Crippen molar-refractivity contribution < 1.29 is 0 Å². The van der Waals surface area contributed by atoms with E-state index in [1.54, 1.807) is 0 Å². The van der Waals surface area contributed by atoms with E-state index in [-0.39, 0.29) is 0 Å². The number of benzene rings is 2. The van der Waals surface area contributed by atoms with Crippen molar-refractivity contribution in [2.75, 3.05) is 23.9 Å². The van der Waals surface area contributed by atoms with Gasteiger partial charge in [-0.25, -0.2) is 0 Å². The molecule has 0 bridgehead atoms. The number of thioether (sulfide) groups is 1. The number of hydrogen-bond acceptors (Lipinski definition) is 2. The lowest BCUT2D eigenvalue weighted by Gasteiger charge is -2.07. The van der Waals surface area contributed by atoms with Crippen LogP contribution >= 0.6 is 11.8 Å². The fourth-order valence-corrected chi connectivity index (χ4v) is 2.29. The predicted octanol–water partition coefficient (Wildman–Crippen LogP) is 4.52. The third-order valence-electron chi connectivity index (χ3n) is 2.85. The first-order valence-corrected chi connectivity index (χ1v) is 7.68. The molecule has 2 aromatic carbocycles. The molecule has 0 aliphatic heterocycles. The molecule has 2 heteroatoms. The maximum Gasteiger partial charge on any atom is 0.0340 e. The molecule has 0 unspecified atom stereocenters. The fraction of sp³-hybridized carbons (Fsp3) is 0.250. The van der Waals surface area contributed by atoms with Gasteiger partial charge in [0.1, 0.15) is 0 Å². The zero-order chi connectivity index (χ0) is 12.6. The second-order valence-corrected chi connectivity index (χ2v) is 5.20. The average molecular weight is 257 g/mol. The van der Waals surface area contributed by atoms with E-state index in [0.29, 0.717) is 0 Å². The van der Waals surface area contributed by atoms with Crippen LogP contribution in [0.1, 0.15) is 6.42 Å². The molecule has 0 atom stereocenters. The highest BCUT2D eigenvalue weighted by molar-refractivity contribution is 7.98. The zero-order valence-electron chi connectivity index (χ0n) is 10.7. The monoisotopic (exact) mass is 257 g/mol. The summed E-state index contributed by atoms with van der Waals surface area (Å²) in [5.74, 6) is 1.22. The minimum absolute atomic E-state index is 1.05. The number of anilines is 1. The second kappa shape index (κ2) is 7.12. The Morgan fingerprint density at radius 1 is 0.889 bits per heavy atom. The minimum Gasteiger partial charge on any atom is -0.385 e. The maximum absolute atomic E-state index is 3.44. The van der Waals surface area contributed by atoms with Gasteiger partial charge in [-0.15, -0.1) is 0 Å². The molecule has 0 heterocycles. The topological polar surface area (TPSA) is 12.0 Å². The van der Waals surface area contributed by atoms with Crippen LogP contribution in [0.4, 0.5) is 5.69 Å². The minimum atomic E-state index is 1.05. The SMILES string of the molecule is CSCCCNc1ccc(-c2ccccc2)cc1. The van der Waals surface area contributed by atoms with Crippen molar-refractivity contribution in [3.8, 4) is 11.1 Å². The van der Waals surface area contributed by atoms with Crippen LogP contribution in [-0.2, 0) is 0 Å². The van der Waals surface area contributed by atoms with Crippen LogP contribution in [-0.4, -0.2) is 18.6 Å². The molecule has 0 saturated carbocycles. The molecule has 0 fully saturated rings. The molecule has 2 rings (SSSR count). The summed E-state index contributed by atoms with van der Waals surface area (Å²) >= 11 is 1.90. The number of hydrogen-bond donors (Lipinski definition) is 1. The molecule has 0 amide bonds. The van der Waals surface area contributed by atoms with Crippen molar-refractivity contribution in [3.63, 3.8) is 0 Å². The maximum atomic E-state index is 3.44. The van der Waals surface area contributed by atoms with Crippen molar-refractivity contribution >= 4 is 17.4 Å². The second-order valence-electron chi connectivity index (χ2n) is 4.22. The Hall–Kier alpha value is -1.41. The number of rotatable bonds is 6. The lowest BCUT2D eigenvalue weighted by Crippen LogP contribution is -2.02. The van der Waals surface area contributed by atoms with E-state index in [9.17, 15) is 0 Å². The highest BCUT2D eigenvalue weighted by atomic mass is 32.2. The van der Waals surface area contributed by atoms with E-state index in [0.717, 1.165) is 6.54 Å². The van der Waals surface area contributed by atoms with E-state index in [1.165, 1.54) is 29.0 Å². The molecule has 1 nitrogen and oxygen atoms in total. The van der Waals surface area contributed by atoms with Gasteiger partial charge in [-0.3, -0.25) is 0 Å². The summed E-state index contributed by atoms with van der Waals surface area (Å²) < 4.78 is 0. The van der Waals surface area contributed by atoms with Crippen LogP contribution in [0.2, 0.25) is 0 Å². The fourth-order valence-electron chi connectivity index (χ4n) is 1.86. The van der Waals surface area contributed by atoms with Gasteiger partial charge in [0.25, 0.3) is 0 Å². The molecule has 1 N–H and O–H groups in total. The summed E-state index contributed by atoms with van der Waals surface area (Å²) in [6, 6.07) is 19.1. The van der Waals surface area contributed by atoms with Gasteiger partial charge in [-0.2, -0.15) is 11.8 Å². The zero-order valence-corrected chi connectivity index (χ0v) is 11.5. The Balaban J connectivity index is 1.94. The van der Waals surface area contributed by atoms with Gasteiger partial charge < -0.3 is 5.32 Å². The molecule has 0 aliphatic carbocycles. The number of nitrogens with one attached hydrogen (secondary N) is 1. The summed E-state index contributed by atoms with van der Waals surface area (Å²) in [6.45, 7) is 1.05. The molecular formula is C16H19NS. The Morgan fingerprint density at radius 3 is 2.22 bits per heavy atom. The Morgan fingerprint density at radius 2 is 1.56 bits per heavy atom. The molecular weight excluding hydrogens is 238 g/mol. The van der Waals surface area contributed by atoms with E-state index < -0.39 is 0 Å². The van der Waals surface area contributed by atoms with Crippen LogP contribution in [0, 0.1) is 0 Å². The van der Waals surface area contributed by atoms with E-state index in [2.05, 4.69) is 60.1 Å². The Kier molecular flexibility index (Phi) is 5.15. The summed E-state index contributed by atoms with van der Waals surface area (Å²) in [4.78, 5) is 0. The van der Waals surface area contributed by atoms with Gasteiger partial charge in [0.15, 0.2) is 0 Å². The highest BCUT2D eigenvalue weighted by Gasteiger charge is 1.96. The Labute approximate surface area is 114 Å². The first-order chi connectivity index (χ1) is 8.90. The van der Waals surface area contributed by atoms with Crippen molar-refractivity contribution in [3.05, 3.63) is 54.6 Å². The Bertz CT molecular complexity index is 450. The first kappa shape index (κ1) is 13.0. The van der Waals surface area contributed by atoms with Crippen molar-refractivity contribution in [1.29, 1.82) is 0 Å². The lowest BCUT2D eigenvalue weighted by molar-refractivity contribution is 0.993. The van der Waals surface area contributed by atoms with Crippen LogP contribution in [0.25, 0.3) is 11.1 Å². The van der Waals surface area contributed by atoms with E-state index in [4.69, 9.17) is 0 Å². The summed E-state index contributed by atoms with van der Waals surface area (Å²) in [5.41, 5.74) is 3.74. The molecule has 94 valence electrons. The lowest BCUT2D eigenvalue weighted by atomic mass is 10.1. The van der Waals surface area contributed by atoms with Crippen LogP contribution < -0.4 is 5.32 Å². The molecule has 2 aromatic rings. The van der Waals surface area contributed by atoms with E-state index >= 15 is 0 Å². The summed E-state index contributed by atoms with van der Waals surface area (Å²) in [6.07, 6.45) is 3.36. The third kappa shape index (κ3) is 3.81. The molecule has 0 saturated heterocycles. The summed E-state index contributed by atoms with van der Waals surface area (Å²) in [7, 11) is 0. The van der Waals surface area contributed by atoms with Gasteiger partial charge >= 0.3 is 0 Å². The van der Waals surface area contributed by atoms with Gasteiger partial charge in [0.05, 0.1) is 0 Å². The van der Waals surface area contributed by atoms with Gasteiger partial charge in [0.2, 0.25) is 0 Å². The smallest absolute Gasteiger partial charge is 0.0340 e.